The SMILES string of the molecule is COc1ccc(CCN2CC[n+]3c2c2ccccc2c2ccccc23)cc1. The predicted molar refractivity (Wildman–Crippen MR) is 111 cm³/mol. The summed E-state index contributed by atoms with van der Waals surface area (Å²) >= 11 is 0. The fraction of sp³-hybridized carbons (Fsp3) is 0.208. The van der Waals surface area contributed by atoms with Gasteiger partial charge >= 0.3 is 0 Å². The lowest BCUT2D eigenvalue weighted by molar-refractivity contribution is -0.643. The number of benzene rings is 3. The second-order valence-electron chi connectivity index (χ2n) is 7.12. The summed E-state index contributed by atoms with van der Waals surface area (Å²) < 4.78 is 7.76. The molecule has 0 atom stereocenters. The maximum absolute atomic E-state index is 5.27. The largest absolute Gasteiger partial charge is 0.497 e. The third-order valence-electron chi connectivity index (χ3n) is 5.63. The highest BCUT2D eigenvalue weighted by molar-refractivity contribution is 6.08. The molecular formula is C24H23N2O+. The van der Waals surface area contributed by atoms with Crippen molar-refractivity contribution in [3.8, 4) is 5.75 Å². The number of hydrogen-bond donors (Lipinski definition) is 0. The average Bonchev–Trinajstić information content (AvgIpc) is 3.17. The Balaban J connectivity index is 1.54. The molecule has 0 saturated heterocycles. The van der Waals surface area contributed by atoms with Gasteiger partial charge in [-0.1, -0.05) is 48.5 Å². The minimum absolute atomic E-state index is 0.915. The van der Waals surface area contributed by atoms with E-state index in [4.69, 9.17) is 4.74 Å². The molecule has 0 aliphatic carbocycles. The molecule has 2 heterocycles. The average molecular weight is 355 g/mol. The van der Waals surface area contributed by atoms with Crippen LogP contribution in [-0.2, 0) is 13.0 Å². The van der Waals surface area contributed by atoms with Crippen molar-refractivity contribution >= 4 is 27.5 Å². The molecule has 4 aromatic rings. The summed E-state index contributed by atoms with van der Waals surface area (Å²) in [6.07, 6.45) is 1.03. The first-order valence-corrected chi connectivity index (χ1v) is 9.56. The zero-order chi connectivity index (χ0) is 18.2. The molecule has 0 unspecified atom stereocenters. The van der Waals surface area contributed by atoms with Crippen LogP contribution in [0.5, 0.6) is 5.75 Å². The Hall–Kier alpha value is -3.07. The van der Waals surface area contributed by atoms with Gasteiger partial charge in [-0.15, -0.1) is 0 Å². The number of nitrogens with zero attached hydrogens (tertiary/aromatic N) is 2. The Bertz CT molecular complexity index is 1120. The van der Waals surface area contributed by atoms with Crippen LogP contribution in [0.25, 0.3) is 21.7 Å². The number of anilines is 1. The third kappa shape index (κ3) is 2.71. The number of methoxy groups -OCH3 is 1. The van der Waals surface area contributed by atoms with Gasteiger partial charge in [-0.3, -0.25) is 4.90 Å². The van der Waals surface area contributed by atoms with Crippen LogP contribution in [-0.4, -0.2) is 20.2 Å². The van der Waals surface area contributed by atoms with E-state index in [0.29, 0.717) is 0 Å². The van der Waals surface area contributed by atoms with Crippen molar-refractivity contribution in [3.05, 3.63) is 78.4 Å². The molecule has 134 valence electrons. The van der Waals surface area contributed by atoms with Crippen LogP contribution >= 0.6 is 0 Å². The number of ether oxygens (including phenoxy) is 1. The van der Waals surface area contributed by atoms with Gasteiger partial charge in [0.1, 0.15) is 24.4 Å². The van der Waals surface area contributed by atoms with Gasteiger partial charge in [-0.05, 0) is 29.8 Å². The number of hydrogen-bond acceptors (Lipinski definition) is 2. The van der Waals surface area contributed by atoms with Gasteiger partial charge in [0.25, 0.3) is 5.82 Å². The monoisotopic (exact) mass is 355 g/mol. The Kier molecular flexibility index (Phi) is 3.93. The molecular weight excluding hydrogens is 332 g/mol. The summed E-state index contributed by atoms with van der Waals surface area (Å²) in [6, 6.07) is 26.0. The second kappa shape index (κ2) is 6.58. The van der Waals surface area contributed by atoms with Crippen molar-refractivity contribution in [2.75, 3.05) is 25.1 Å². The van der Waals surface area contributed by atoms with Gasteiger partial charge in [0.2, 0.25) is 0 Å². The first-order valence-electron chi connectivity index (χ1n) is 9.56. The summed E-state index contributed by atoms with van der Waals surface area (Å²) in [5.74, 6) is 2.27. The van der Waals surface area contributed by atoms with Crippen molar-refractivity contribution in [1.82, 2.24) is 0 Å². The molecule has 3 aromatic carbocycles. The summed E-state index contributed by atoms with van der Waals surface area (Å²) in [4.78, 5) is 2.54. The Morgan fingerprint density at radius 2 is 1.56 bits per heavy atom. The van der Waals surface area contributed by atoms with E-state index in [9.17, 15) is 0 Å². The minimum atomic E-state index is 0.915. The lowest BCUT2D eigenvalue weighted by atomic mass is 10.1. The lowest BCUT2D eigenvalue weighted by Gasteiger charge is -2.14. The maximum atomic E-state index is 5.27. The van der Waals surface area contributed by atoms with Crippen LogP contribution < -0.4 is 14.2 Å². The van der Waals surface area contributed by atoms with Crippen molar-refractivity contribution in [2.45, 2.75) is 13.0 Å². The Morgan fingerprint density at radius 3 is 2.33 bits per heavy atom. The van der Waals surface area contributed by atoms with E-state index in [1.165, 1.54) is 33.1 Å². The lowest BCUT2D eigenvalue weighted by Crippen LogP contribution is -2.33. The van der Waals surface area contributed by atoms with Crippen molar-refractivity contribution in [2.24, 2.45) is 0 Å². The van der Waals surface area contributed by atoms with Gasteiger partial charge in [0.15, 0.2) is 0 Å². The van der Waals surface area contributed by atoms with E-state index in [2.05, 4.69) is 70.1 Å². The molecule has 0 fully saturated rings. The zero-order valence-electron chi connectivity index (χ0n) is 15.6. The van der Waals surface area contributed by atoms with E-state index >= 15 is 0 Å². The molecule has 27 heavy (non-hydrogen) atoms. The van der Waals surface area contributed by atoms with E-state index in [0.717, 1.165) is 31.8 Å². The van der Waals surface area contributed by atoms with E-state index in [-0.39, 0.29) is 0 Å². The second-order valence-corrected chi connectivity index (χ2v) is 7.12. The number of fused-ring (bicyclic) bond motifs is 6. The fourth-order valence-corrected chi connectivity index (χ4v) is 4.28. The number of rotatable bonds is 4. The van der Waals surface area contributed by atoms with Crippen molar-refractivity contribution in [1.29, 1.82) is 0 Å². The predicted octanol–water partition coefficient (Wildman–Crippen LogP) is 4.35. The Morgan fingerprint density at radius 1 is 0.852 bits per heavy atom. The fourth-order valence-electron chi connectivity index (χ4n) is 4.28. The van der Waals surface area contributed by atoms with E-state index in [1.807, 2.05) is 12.1 Å². The molecule has 0 saturated carbocycles. The first kappa shape index (κ1) is 16.1. The molecule has 1 aromatic heterocycles. The van der Waals surface area contributed by atoms with E-state index in [1.54, 1.807) is 7.11 Å². The molecule has 0 radical (unpaired) electrons. The first-order chi connectivity index (χ1) is 13.3. The summed E-state index contributed by atoms with van der Waals surface area (Å²) in [6.45, 7) is 3.13. The van der Waals surface area contributed by atoms with Gasteiger partial charge < -0.3 is 4.74 Å². The van der Waals surface area contributed by atoms with Crippen LogP contribution in [0, 0.1) is 0 Å². The van der Waals surface area contributed by atoms with Gasteiger partial charge in [0.05, 0.1) is 19.0 Å². The van der Waals surface area contributed by atoms with Crippen LogP contribution in [0.4, 0.5) is 5.82 Å². The van der Waals surface area contributed by atoms with Crippen molar-refractivity contribution < 1.29 is 9.30 Å². The van der Waals surface area contributed by atoms with Crippen molar-refractivity contribution in [3.63, 3.8) is 0 Å². The van der Waals surface area contributed by atoms with Crippen LogP contribution in [0.3, 0.4) is 0 Å². The molecule has 3 nitrogen and oxygen atoms in total. The smallest absolute Gasteiger partial charge is 0.285 e. The third-order valence-corrected chi connectivity index (χ3v) is 5.63. The highest BCUT2D eigenvalue weighted by Crippen LogP contribution is 2.32. The molecule has 0 bridgehead atoms. The van der Waals surface area contributed by atoms with Gasteiger partial charge in [-0.2, -0.15) is 0 Å². The number of aromatic nitrogens is 1. The molecule has 1 aliphatic rings. The molecule has 0 amide bonds. The molecule has 5 rings (SSSR count). The molecule has 0 N–H and O–H groups in total. The summed E-state index contributed by atoms with van der Waals surface area (Å²) in [5, 5.41) is 4.04. The molecule has 1 aliphatic heterocycles. The van der Waals surface area contributed by atoms with Crippen LogP contribution in [0.1, 0.15) is 5.56 Å². The number of para-hydroxylation sites is 1. The molecule has 3 heteroatoms. The molecule has 0 spiro atoms. The van der Waals surface area contributed by atoms with Crippen LogP contribution in [0.2, 0.25) is 0 Å². The quantitative estimate of drug-likeness (QED) is 0.400. The zero-order valence-corrected chi connectivity index (χ0v) is 15.6. The minimum Gasteiger partial charge on any atom is -0.497 e. The Labute approximate surface area is 159 Å². The highest BCUT2D eigenvalue weighted by Gasteiger charge is 2.31. The highest BCUT2D eigenvalue weighted by atomic mass is 16.5. The van der Waals surface area contributed by atoms with Gasteiger partial charge in [-0.25, -0.2) is 4.57 Å². The summed E-state index contributed by atoms with van der Waals surface area (Å²) in [5.41, 5.74) is 2.68. The topological polar surface area (TPSA) is 16.4 Å². The summed E-state index contributed by atoms with van der Waals surface area (Å²) in [7, 11) is 1.71. The number of pyridine rings is 1. The van der Waals surface area contributed by atoms with Crippen LogP contribution in [0.15, 0.2) is 72.8 Å². The standard InChI is InChI=1S/C24H23N2O/c1-27-19-12-10-18(11-13-19)14-15-25-16-17-26-23-9-5-4-7-21(23)20-6-2-3-8-22(20)24(25)26/h2-13H,14-17H2,1H3/q+1. The van der Waals surface area contributed by atoms with Gasteiger partial charge in [0, 0.05) is 17.2 Å². The maximum Gasteiger partial charge on any atom is 0.285 e. The van der Waals surface area contributed by atoms with E-state index < -0.39 is 0 Å². The normalized spacial score (nSPS) is 13.3.